The lowest BCUT2D eigenvalue weighted by atomic mass is 9.92. The quantitative estimate of drug-likeness (QED) is 0.388. The Morgan fingerprint density at radius 3 is 2.05 bits per heavy atom. The van der Waals surface area contributed by atoms with Crippen LogP contribution in [0.2, 0.25) is 0 Å². The summed E-state index contributed by atoms with van der Waals surface area (Å²) in [5.41, 5.74) is 2.25. The highest BCUT2D eigenvalue weighted by atomic mass is 16.1. The van der Waals surface area contributed by atoms with E-state index in [0.29, 0.717) is 5.78 Å². The molecule has 1 heteroatoms. The summed E-state index contributed by atoms with van der Waals surface area (Å²) in [5.74, 6) is 0.499. The molecule has 0 saturated heterocycles. The van der Waals surface area contributed by atoms with Gasteiger partial charge in [-0.1, -0.05) is 70.7 Å². The average molecular weight is 274 g/mol. The fraction of sp³-hybridized carbons (Fsp3) is 0.632. The molecule has 1 nitrogen and oxygen atoms in total. The van der Waals surface area contributed by atoms with Crippen LogP contribution >= 0.6 is 0 Å². The Labute approximate surface area is 124 Å². The van der Waals surface area contributed by atoms with Gasteiger partial charge in [0.25, 0.3) is 0 Å². The predicted molar refractivity (Wildman–Crippen MR) is 87.3 cm³/mol. The van der Waals surface area contributed by atoms with Gasteiger partial charge in [-0.05, 0) is 31.2 Å². The lowest BCUT2D eigenvalue weighted by Gasteiger charge is -2.11. The molecular formula is C19H30O. The second-order valence-electron chi connectivity index (χ2n) is 5.74. The summed E-state index contributed by atoms with van der Waals surface area (Å²) in [6.07, 6.45) is 9.60. The molecule has 0 unspecified atom stereocenters. The van der Waals surface area contributed by atoms with Crippen LogP contribution in [-0.2, 0) is 6.42 Å². The van der Waals surface area contributed by atoms with Crippen LogP contribution in [0.15, 0.2) is 24.3 Å². The zero-order valence-corrected chi connectivity index (χ0v) is 13.5. The molecule has 1 aromatic carbocycles. The molecule has 0 aliphatic rings. The highest BCUT2D eigenvalue weighted by molar-refractivity contribution is 5.97. The maximum Gasteiger partial charge on any atom is 0.165 e. The van der Waals surface area contributed by atoms with Crippen molar-refractivity contribution in [2.45, 2.75) is 72.1 Å². The van der Waals surface area contributed by atoms with E-state index in [1.807, 2.05) is 12.1 Å². The van der Waals surface area contributed by atoms with Crippen molar-refractivity contribution in [1.29, 1.82) is 0 Å². The minimum Gasteiger partial charge on any atom is -0.294 e. The number of benzene rings is 1. The van der Waals surface area contributed by atoms with Crippen molar-refractivity contribution in [3.8, 4) is 0 Å². The van der Waals surface area contributed by atoms with E-state index in [0.717, 1.165) is 24.8 Å². The number of unbranched alkanes of at least 4 members (excludes halogenated alkanes) is 4. The van der Waals surface area contributed by atoms with Crippen LogP contribution in [0.4, 0.5) is 0 Å². The van der Waals surface area contributed by atoms with Gasteiger partial charge >= 0.3 is 0 Å². The van der Waals surface area contributed by atoms with Crippen LogP contribution in [0.3, 0.4) is 0 Å². The molecule has 112 valence electrons. The summed E-state index contributed by atoms with van der Waals surface area (Å²) < 4.78 is 0. The first-order valence-electron chi connectivity index (χ1n) is 8.36. The van der Waals surface area contributed by atoms with Gasteiger partial charge < -0.3 is 0 Å². The highest BCUT2D eigenvalue weighted by Gasteiger charge is 2.15. The lowest BCUT2D eigenvalue weighted by molar-refractivity contribution is 0.0913. The van der Waals surface area contributed by atoms with Gasteiger partial charge in [-0.25, -0.2) is 0 Å². The number of carbonyl (C=O) groups is 1. The number of Topliss-reactive ketones (excluding diaryl/α,β-unsaturated/α-hetero) is 1. The molecule has 0 aliphatic carbocycles. The Kier molecular flexibility index (Phi) is 8.25. The van der Waals surface area contributed by atoms with Crippen LogP contribution in [0.25, 0.3) is 0 Å². The third-order valence-electron chi connectivity index (χ3n) is 4.16. The summed E-state index contributed by atoms with van der Waals surface area (Å²) in [5, 5.41) is 0. The Balaban J connectivity index is 2.45. The molecule has 0 saturated carbocycles. The van der Waals surface area contributed by atoms with Gasteiger partial charge in [0.2, 0.25) is 0 Å². The van der Waals surface area contributed by atoms with Crippen LogP contribution < -0.4 is 0 Å². The largest absolute Gasteiger partial charge is 0.294 e. The number of hydrogen-bond donors (Lipinski definition) is 0. The van der Waals surface area contributed by atoms with Crippen molar-refractivity contribution < 1.29 is 4.79 Å². The third kappa shape index (κ3) is 5.48. The van der Waals surface area contributed by atoms with Crippen LogP contribution in [0.1, 0.15) is 81.6 Å². The van der Waals surface area contributed by atoms with Crippen molar-refractivity contribution >= 4 is 5.78 Å². The SMILES string of the molecule is CCCCCCCc1ccc(C(=O)C(CC)CC)cc1. The van der Waals surface area contributed by atoms with Gasteiger partial charge in [-0.2, -0.15) is 0 Å². The van der Waals surface area contributed by atoms with Gasteiger partial charge in [0.1, 0.15) is 0 Å². The summed E-state index contributed by atoms with van der Waals surface area (Å²) >= 11 is 0. The predicted octanol–water partition coefficient (Wildman–Crippen LogP) is 5.82. The molecule has 0 atom stereocenters. The minimum atomic E-state index is 0.190. The van der Waals surface area contributed by atoms with E-state index in [4.69, 9.17) is 0 Å². The van der Waals surface area contributed by atoms with Gasteiger partial charge in [-0.15, -0.1) is 0 Å². The zero-order chi connectivity index (χ0) is 14.8. The van der Waals surface area contributed by atoms with Gasteiger partial charge in [0, 0.05) is 11.5 Å². The molecule has 20 heavy (non-hydrogen) atoms. The molecule has 1 aromatic rings. The third-order valence-corrected chi connectivity index (χ3v) is 4.16. The summed E-state index contributed by atoms with van der Waals surface area (Å²) in [6.45, 7) is 6.43. The molecule has 0 bridgehead atoms. The summed E-state index contributed by atoms with van der Waals surface area (Å²) in [4.78, 5) is 12.3. The monoisotopic (exact) mass is 274 g/mol. The number of rotatable bonds is 10. The van der Waals surface area contributed by atoms with E-state index in [-0.39, 0.29) is 5.92 Å². The molecular weight excluding hydrogens is 244 g/mol. The van der Waals surface area contributed by atoms with Gasteiger partial charge in [0.15, 0.2) is 5.78 Å². The molecule has 0 fully saturated rings. The number of carbonyl (C=O) groups excluding carboxylic acids is 1. The van der Waals surface area contributed by atoms with Crippen molar-refractivity contribution in [1.82, 2.24) is 0 Å². The van der Waals surface area contributed by atoms with E-state index in [2.05, 4.69) is 32.9 Å². The van der Waals surface area contributed by atoms with E-state index < -0.39 is 0 Å². The Morgan fingerprint density at radius 2 is 1.50 bits per heavy atom. The maximum atomic E-state index is 12.3. The number of hydrogen-bond acceptors (Lipinski definition) is 1. The molecule has 0 spiro atoms. The number of aryl methyl sites for hydroxylation is 1. The smallest absolute Gasteiger partial charge is 0.165 e. The van der Waals surface area contributed by atoms with Crippen molar-refractivity contribution in [3.63, 3.8) is 0 Å². The fourth-order valence-corrected chi connectivity index (χ4v) is 2.66. The van der Waals surface area contributed by atoms with Gasteiger partial charge in [0.05, 0.1) is 0 Å². The molecule has 0 radical (unpaired) electrons. The van der Waals surface area contributed by atoms with Crippen molar-refractivity contribution in [2.24, 2.45) is 5.92 Å². The maximum absolute atomic E-state index is 12.3. The second-order valence-corrected chi connectivity index (χ2v) is 5.74. The highest BCUT2D eigenvalue weighted by Crippen LogP contribution is 2.17. The molecule has 0 heterocycles. The average Bonchev–Trinajstić information content (AvgIpc) is 2.49. The second kappa shape index (κ2) is 9.74. The van der Waals surface area contributed by atoms with Crippen LogP contribution in [-0.4, -0.2) is 5.78 Å². The first-order chi connectivity index (χ1) is 9.72. The molecule has 0 amide bonds. The number of ketones is 1. The Bertz CT molecular complexity index is 373. The molecule has 0 aromatic heterocycles. The Hall–Kier alpha value is -1.11. The van der Waals surface area contributed by atoms with Crippen molar-refractivity contribution in [3.05, 3.63) is 35.4 Å². The topological polar surface area (TPSA) is 17.1 Å². The normalized spacial score (nSPS) is 11.0. The molecule has 0 aliphatic heterocycles. The first-order valence-corrected chi connectivity index (χ1v) is 8.36. The summed E-state index contributed by atoms with van der Waals surface area (Å²) in [7, 11) is 0. The fourth-order valence-electron chi connectivity index (χ4n) is 2.66. The summed E-state index contributed by atoms with van der Waals surface area (Å²) in [6, 6.07) is 8.30. The minimum absolute atomic E-state index is 0.190. The van der Waals surface area contributed by atoms with E-state index in [1.165, 1.54) is 37.7 Å². The van der Waals surface area contributed by atoms with Crippen LogP contribution in [0.5, 0.6) is 0 Å². The van der Waals surface area contributed by atoms with E-state index in [9.17, 15) is 4.79 Å². The van der Waals surface area contributed by atoms with Gasteiger partial charge in [-0.3, -0.25) is 4.79 Å². The standard InChI is InChI=1S/C19H30O/c1-4-7-8-9-10-11-16-12-14-18(15-13-16)19(20)17(5-2)6-3/h12-15,17H,4-11H2,1-3H3. The van der Waals surface area contributed by atoms with Crippen molar-refractivity contribution in [2.75, 3.05) is 0 Å². The Morgan fingerprint density at radius 1 is 0.900 bits per heavy atom. The van der Waals surface area contributed by atoms with E-state index >= 15 is 0 Å². The first kappa shape index (κ1) is 16.9. The lowest BCUT2D eigenvalue weighted by Crippen LogP contribution is -2.12. The molecule has 0 N–H and O–H groups in total. The molecule has 1 rings (SSSR count). The van der Waals surface area contributed by atoms with E-state index in [1.54, 1.807) is 0 Å². The van der Waals surface area contributed by atoms with Crippen LogP contribution in [0, 0.1) is 5.92 Å². The zero-order valence-electron chi connectivity index (χ0n) is 13.5.